The van der Waals surface area contributed by atoms with Gasteiger partial charge in [0.15, 0.2) is 0 Å². The van der Waals surface area contributed by atoms with Crippen LogP contribution < -0.4 is 5.32 Å². The molecule has 0 bridgehead atoms. The molecule has 0 aliphatic rings. The van der Waals surface area contributed by atoms with Crippen molar-refractivity contribution < 1.29 is 17.6 Å². The number of nitrogens with one attached hydrogen (secondary N) is 1. The Hall–Kier alpha value is -1.50. The molecule has 6 nitrogen and oxygen atoms in total. The summed E-state index contributed by atoms with van der Waals surface area (Å²) in [6, 6.07) is 3.04. The lowest BCUT2D eigenvalue weighted by atomic mass is 10.3. The molecular weight excluding hydrogens is 280 g/mol. The van der Waals surface area contributed by atoms with E-state index >= 15 is 0 Å². The zero-order valence-electron chi connectivity index (χ0n) is 12.1. The van der Waals surface area contributed by atoms with Crippen molar-refractivity contribution in [1.82, 2.24) is 10.2 Å². The number of carbonyl (C=O) groups is 1. The second-order valence-corrected chi connectivity index (χ2v) is 6.97. The first kappa shape index (κ1) is 16.6. The minimum Gasteiger partial charge on any atom is -0.469 e. The summed E-state index contributed by atoms with van der Waals surface area (Å²) in [7, 11) is -3.10. The van der Waals surface area contributed by atoms with Gasteiger partial charge in [-0.05, 0) is 26.0 Å². The number of rotatable bonds is 7. The van der Waals surface area contributed by atoms with E-state index in [0.717, 1.165) is 5.76 Å². The Morgan fingerprint density at radius 1 is 1.50 bits per heavy atom. The topological polar surface area (TPSA) is 79.6 Å². The number of urea groups is 1. The molecule has 0 aliphatic carbocycles. The Morgan fingerprint density at radius 2 is 2.20 bits per heavy atom. The lowest BCUT2D eigenvalue weighted by Crippen LogP contribution is -2.47. The van der Waals surface area contributed by atoms with E-state index in [4.69, 9.17) is 4.42 Å². The first-order valence-electron chi connectivity index (χ1n) is 6.58. The fourth-order valence-corrected chi connectivity index (χ4v) is 3.09. The van der Waals surface area contributed by atoms with Gasteiger partial charge in [0, 0.05) is 31.8 Å². The molecule has 0 unspecified atom stereocenters. The quantitative estimate of drug-likeness (QED) is 0.823. The van der Waals surface area contributed by atoms with Crippen molar-refractivity contribution in [2.45, 2.75) is 26.3 Å². The first-order valence-corrected chi connectivity index (χ1v) is 8.64. The maximum absolute atomic E-state index is 12.0. The summed E-state index contributed by atoms with van der Waals surface area (Å²) in [5, 5.41) is 2.77. The Morgan fingerprint density at radius 3 is 2.70 bits per heavy atom. The molecule has 0 saturated carbocycles. The normalized spacial score (nSPS) is 12.9. The van der Waals surface area contributed by atoms with E-state index in [0.29, 0.717) is 19.5 Å². The fourth-order valence-electron chi connectivity index (χ4n) is 2.03. The molecule has 1 N–H and O–H groups in total. The third kappa shape index (κ3) is 5.64. The van der Waals surface area contributed by atoms with Gasteiger partial charge in [-0.25, -0.2) is 13.2 Å². The first-order chi connectivity index (χ1) is 9.33. The van der Waals surface area contributed by atoms with Crippen LogP contribution in [0.5, 0.6) is 0 Å². The van der Waals surface area contributed by atoms with Gasteiger partial charge in [0.05, 0.1) is 12.0 Å². The zero-order chi connectivity index (χ0) is 15.2. The van der Waals surface area contributed by atoms with Gasteiger partial charge in [0.25, 0.3) is 0 Å². The van der Waals surface area contributed by atoms with E-state index in [9.17, 15) is 13.2 Å². The molecule has 0 spiro atoms. The monoisotopic (exact) mass is 302 g/mol. The van der Waals surface area contributed by atoms with E-state index in [-0.39, 0.29) is 17.8 Å². The van der Waals surface area contributed by atoms with Crippen LogP contribution in [-0.2, 0) is 16.3 Å². The average molecular weight is 302 g/mol. The molecule has 0 radical (unpaired) electrons. The predicted molar refractivity (Wildman–Crippen MR) is 77.4 cm³/mol. The van der Waals surface area contributed by atoms with Crippen LogP contribution in [0, 0.1) is 0 Å². The van der Waals surface area contributed by atoms with Crippen molar-refractivity contribution in [2.24, 2.45) is 0 Å². The second kappa shape index (κ2) is 7.33. The minimum atomic E-state index is -3.10. The van der Waals surface area contributed by atoms with Crippen molar-refractivity contribution in [3.63, 3.8) is 0 Å². The molecule has 1 heterocycles. The lowest BCUT2D eigenvalue weighted by Gasteiger charge is -2.27. The van der Waals surface area contributed by atoms with E-state index in [2.05, 4.69) is 5.32 Å². The molecule has 1 atom stereocenters. The van der Waals surface area contributed by atoms with Crippen LogP contribution in [0.1, 0.15) is 19.6 Å². The smallest absolute Gasteiger partial charge is 0.317 e. The highest BCUT2D eigenvalue weighted by molar-refractivity contribution is 7.90. The maximum atomic E-state index is 12.0. The summed E-state index contributed by atoms with van der Waals surface area (Å²) >= 11 is 0. The standard InChI is InChI=1S/C13H22N2O4S/c1-4-15(11(2)10-20(3,17)18)13(16)14-8-7-12-6-5-9-19-12/h5-6,9,11H,4,7-8,10H2,1-3H3,(H,14,16)/t11-/m0/s1. The third-order valence-corrected chi connectivity index (χ3v) is 3.99. The molecule has 114 valence electrons. The van der Waals surface area contributed by atoms with Crippen LogP contribution in [0.2, 0.25) is 0 Å². The molecule has 0 fully saturated rings. The summed E-state index contributed by atoms with van der Waals surface area (Å²) < 4.78 is 27.7. The van der Waals surface area contributed by atoms with Gasteiger partial charge in [0.1, 0.15) is 15.6 Å². The van der Waals surface area contributed by atoms with E-state index in [1.54, 1.807) is 19.3 Å². The zero-order valence-corrected chi connectivity index (χ0v) is 12.9. The van der Waals surface area contributed by atoms with Crippen LogP contribution >= 0.6 is 0 Å². The van der Waals surface area contributed by atoms with Gasteiger partial charge in [-0.1, -0.05) is 0 Å². The van der Waals surface area contributed by atoms with Gasteiger partial charge in [-0.2, -0.15) is 0 Å². The summed E-state index contributed by atoms with van der Waals surface area (Å²) in [6.07, 6.45) is 3.37. The molecule has 7 heteroatoms. The second-order valence-electron chi connectivity index (χ2n) is 4.79. The average Bonchev–Trinajstić information content (AvgIpc) is 2.80. The molecule has 0 saturated heterocycles. The Balaban J connectivity index is 2.45. The Bertz CT molecular complexity index is 510. The number of hydrogen-bond donors (Lipinski definition) is 1. The fraction of sp³-hybridized carbons (Fsp3) is 0.615. The van der Waals surface area contributed by atoms with E-state index < -0.39 is 9.84 Å². The Kier molecular flexibility index (Phi) is 6.06. The molecule has 1 rings (SSSR count). The minimum absolute atomic E-state index is 0.0353. The molecule has 0 aliphatic heterocycles. The van der Waals surface area contributed by atoms with Gasteiger partial charge in [0.2, 0.25) is 0 Å². The number of furan rings is 1. The molecular formula is C13H22N2O4S. The number of hydrogen-bond acceptors (Lipinski definition) is 4. The van der Waals surface area contributed by atoms with Gasteiger partial charge >= 0.3 is 6.03 Å². The molecule has 1 aromatic heterocycles. The van der Waals surface area contributed by atoms with Crippen molar-refractivity contribution in [3.8, 4) is 0 Å². The van der Waals surface area contributed by atoms with Crippen molar-refractivity contribution in [1.29, 1.82) is 0 Å². The number of carbonyl (C=O) groups excluding carboxylic acids is 1. The largest absolute Gasteiger partial charge is 0.469 e. The summed E-state index contributed by atoms with van der Waals surface area (Å²) in [5.74, 6) is 0.768. The van der Waals surface area contributed by atoms with Crippen LogP contribution in [-0.4, -0.2) is 50.5 Å². The summed E-state index contributed by atoms with van der Waals surface area (Å²) in [6.45, 7) is 4.47. The van der Waals surface area contributed by atoms with Gasteiger partial charge in [-0.15, -0.1) is 0 Å². The van der Waals surface area contributed by atoms with E-state index in [1.165, 1.54) is 11.2 Å². The molecule has 1 aromatic rings. The van der Waals surface area contributed by atoms with Crippen molar-refractivity contribution >= 4 is 15.9 Å². The summed E-state index contributed by atoms with van der Waals surface area (Å²) in [5.41, 5.74) is 0. The van der Waals surface area contributed by atoms with Crippen molar-refractivity contribution in [3.05, 3.63) is 24.2 Å². The number of amides is 2. The SMILES string of the molecule is CCN(C(=O)NCCc1ccco1)[C@@H](C)CS(C)(=O)=O. The lowest BCUT2D eigenvalue weighted by molar-refractivity contribution is 0.187. The van der Waals surface area contributed by atoms with Gasteiger partial charge in [-0.3, -0.25) is 0 Å². The van der Waals surface area contributed by atoms with Crippen LogP contribution in [0.3, 0.4) is 0 Å². The van der Waals surface area contributed by atoms with Gasteiger partial charge < -0.3 is 14.6 Å². The van der Waals surface area contributed by atoms with E-state index in [1.807, 2.05) is 13.0 Å². The summed E-state index contributed by atoms with van der Waals surface area (Å²) in [4.78, 5) is 13.5. The highest BCUT2D eigenvalue weighted by Gasteiger charge is 2.21. The Labute approximate surface area is 120 Å². The van der Waals surface area contributed by atoms with Crippen LogP contribution in [0.4, 0.5) is 4.79 Å². The third-order valence-electron chi connectivity index (χ3n) is 2.91. The molecule has 2 amide bonds. The number of nitrogens with zero attached hydrogens (tertiary/aromatic N) is 1. The highest BCUT2D eigenvalue weighted by atomic mass is 32.2. The van der Waals surface area contributed by atoms with Crippen molar-refractivity contribution in [2.75, 3.05) is 25.1 Å². The maximum Gasteiger partial charge on any atom is 0.317 e. The predicted octanol–water partition coefficient (Wildman–Crippen LogP) is 1.29. The number of sulfone groups is 1. The van der Waals surface area contributed by atoms with Crippen LogP contribution in [0.15, 0.2) is 22.8 Å². The molecule has 20 heavy (non-hydrogen) atoms. The molecule has 0 aromatic carbocycles. The van der Waals surface area contributed by atoms with Crippen LogP contribution in [0.25, 0.3) is 0 Å². The highest BCUT2D eigenvalue weighted by Crippen LogP contribution is 2.04.